The van der Waals surface area contributed by atoms with Gasteiger partial charge < -0.3 is 55.7 Å². The summed E-state index contributed by atoms with van der Waals surface area (Å²) in [6, 6.07) is 14.7. The van der Waals surface area contributed by atoms with Gasteiger partial charge in [-0.1, -0.05) is 73.5 Å². The number of esters is 1. The van der Waals surface area contributed by atoms with E-state index in [-0.39, 0.29) is 51.2 Å². The number of methoxy groups -OCH3 is 1. The quantitative estimate of drug-likeness (QED) is 0.0352. The number of rotatable bonds is 25. The van der Waals surface area contributed by atoms with Gasteiger partial charge in [0.25, 0.3) is 0 Å². The van der Waals surface area contributed by atoms with Gasteiger partial charge in [0.1, 0.15) is 34.4 Å². The number of unbranched alkanes of at least 4 members (excludes halogenated alkanes) is 3. The van der Waals surface area contributed by atoms with E-state index in [1.54, 1.807) is 67.2 Å². The summed E-state index contributed by atoms with van der Waals surface area (Å²) in [7, 11) is 1.23. The molecule has 0 spiro atoms. The van der Waals surface area contributed by atoms with E-state index < -0.39 is 89.2 Å². The van der Waals surface area contributed by atoms with Gasteiger partial charge in [0, 0.05) is 45.1 Å². The first-order valence-corrected chi connectivity index (χ1v) is 25.1. The van der Waals surface area contributed by atoms with Crippen LogP contribution in [-0.2, 0) is 51.0 Å². The van der Waals surface area contributed by atoms with Crippen LogP contribution in [0.25, 0.3) is 0 Å². The molecule has 402 valence electrons. The molecule has 0 aromatic heterocycles. The number of carbonyl (C=O) groups is 7. The van der Waals surface area contributed by atoms with Gasteiger partial charge in [0.2, 0.25) is 17.7 Å². The molecule has 18 nitrogen and oxygen atoms in total. The highest BCUT2D eigenvalue weighted by Crippen LogP contribution is 2.26. The van der Waals surface area contributed by atoms with Crippen molar-refractivity contribution in [3.8, 4) is 0 Å². The van der Waals surface area contributed by atoms with Crippen molar-refractivity contribution in [3.05, 3.63) is 71.8 Å². The molecular formula is C53H82FN7O11. The Balaban J connectivity index is 1.90. The van der Waals surface area contributed by atoms with E-state index in [1.807, 2.05) is 60.7 Å². The third-order valence-corrected chi connectivity index (χ3v) is 11.5. The lowest BCUT2D eigenvalue weighted by Crippen LogP contribution is -2.63. The Bertz CT molecular complexity index is 2030. The summed E-state index contributed by atoms with van der Waals surface area (Å²) in [5, 5.41) is 17.6. The maximum Gasteiger partial charge on any atom is 0.408 e. The van der Waals surface area contributed by atoms with Gasteiger partial charge in [-0.25, -0.2) is 19.2 Å². The predicted molar refractivity (Wildman–Crippen MR) is 272 cm³/mol. The highest BCUT2D eigenvalue weighted by molar-refractivity contribution is 5.92. The Labute approximate surface area is 425 Å². The summed E-state index contributed by atoms with van der Waals surface area (Å²) >= 11 is 0. The van der Waals surface area contributed by atoms with Crippen LogP contribution in [0.3, 0.4) is 0 Å². The third-order valence-electron chi connectivity index (χ3n) is 11.5. The number of amides is 6. The number of halogens is 1. The minimum absolute atomic E-state index is 0.0540. The van der Waals surface area contributed by atoms with E-state index in [0.717, 1.165) is 11.1 Å². The first kappa shape index (κ1) is 60.3. The molecule has 0 aliphatic carbocycles. The molecule has 4 atom stereocenters. The van der Waals surface area contributed by atoms with Gasteiger partial charge in [-0.3, -0.25) is 18.8 Å². The maximum atomic E-state index is 14.6. The second-order valence-electron chi connectivity index (χ2n) is 21.3. The second kappa shape index (κ2) is 28.9. The summed E-state index contributed by atoms with van der Waals surface area (Å²) in [5.41, 5.74) is -2.24. The van der Waals surface area contributed by atoms with Crippen LogP contribution < -0.4 is 31.9 Å². The van der Waals surface area contributed by atoms with Gasteiger partial charge in [0.05, 0.1) is 19.8 Å². The molecule has 19 heteroatoms. The van der Waals surface area contributed by atoms with Crippen molar-refractivity contribution in [3.63, 3.8) is 0 Å². The van der Waals surface area contributed by atoms with Crippen LogP contribution in [-0.4, -0.2) is 133 Å². The summed E-state index contributed by atoms with van der Waals surface area (Å²) in [4.78, 5) is 96.4. The van der Waals surface area contributed by atoms with Crippen molar-refractivity contribution in [1.29, 1.82) is 0 Å². The summed E-state index contributed by atoms with van der Waals surface area (Å²) < 4.78 is 34.7. The van der Waals surface area contributed by atoms with Crippen molar-refractivity contribution in [2.45, 2.75) is 179 Å². The van der Waals surface area contributed by atoms with Crippen molar-refractivity contribution in [2.75, 3.05) is 40.0 Å². The molecule has 1 saturated heterocycles. The maximum absolute atomic E-state index is 14.6. The van der Waals surface area contributed by atoms with E-state index >= 15 is 0 Å². The third kappa shape index (κ3) is 23.1. The molecule has 1 heterocycles. The topological polar surface area (TPSA) is 232 Å². The standard InChI is InChI=1S/C53H82FN7O11/c1-50(2,3)70-47(66)55-31-21-19-27-40(45(64)61-32-28-53(29-33-61,46(65)69-10)60-49(68)72-52(7,8)9)56-36-39(26-18-13-20-30-54)57-43(62)41(34-37-22-14-11-15-23-37)58-44(63)42(35-38-24-16-12-17-25-38)59-48(67)71-51(4,5)6/h11-12,14-17,22-25,39-42,56H,13,18-21,26-36H2,1-10H3,(H,55,66)(H,57,62)(H,58,63)(H,59,67)(H,60,68)/t39?,40-,41-,42-/m1/s1. The highest BCUT2D eigenvalue weighted by Gasteiger charge is 2.46. The number of alkyl carbamates (subject to hydrolysis) is 3. The molecule has 6 amide bonds. The van der Waals surface area contributed by atoms with Crippen molar-refractivity contribution in [2.24, 2.45) is 0 Å². The monoisotopic (exact) mass is 1010 g/mol. The first-order valence-electron chi connectivity index (χ1n) is 25.1. The molecule has 72 heavy (non-hydrogen) atoms. The van der Waals surface area contributed by atoms with Gasteiger partial charge in [0.15, 0.2) is 0 Å². The number of likely N-dealkylation sites (tertiary alicyclic amines) is 1. The molecular weight excluding hydrogens is 930 g/mol. The van der Waals surface area contributed by atoms with Crippen LogP contribution in [0, 0.1) is 0 Å². The van der Waals surface area contributed by atoms with Gasteiger partial charge in [-0.05, 0) is 118 Å². The van der Waals surface area contributed by atoms with Crippen molar-refractivity contribution < 1.29 is 56.9 Å². The van der Waals surface area contributed by atoms with E-state index in [2.05, 4.69) is 31.9 Å². The molecule has 1 aliphatic rings. The first-order chi connectivity index (χ1) is 33.8. The average molecular weight is 1010 g/mol. The Morgan fingerprint density at radius 1 is 0.611 bits per heavy atom. The van der Waals surface area contributed by atoms with Crippen LogP contribution in [0.1, 0.15) is 131 Å². The van der Waals surface area contributed by atoms with Crippen molar-refractivity contribution in [1.82, 2.24) is 36.8 Å². The number of ether oxygens (including phenoxy) is 4. The number of hydrogen-bond acceptors (Lipinski definition) is 12. The molecule has 1 unspecified atom stereocenters. The minimum Gasteiger partial charge on any atom is -0.467 e. The van der Waals surface area contributed by atoms with Crippen LogP contribution in [0.2, 0.25) is 0 Å². The summed E-state index contributed by atoms with van der Waals surface area (Å²) in [5.74, 6) is -2.05. The smallest absolute Gasteiger partial charge is 0.408 e. The molecule has 0 bridgehead atoms. The number of hydrogen-bond donors (Lipinski definition) is 6. The van der Waals surface area contributed by atoms with Crippen LogP contribution in [0.4, 0.5) is 18.8 Å². The molecule has 6 N–H and O–H groups in total. The number of piperidine rings is 1. The molecule has 2 aromatic rings. The van der Waals surface area contributed by atoms with E-state index in [4.69, 9.17) is 18.9 Å². The van der Waals surface area contributed by atoms with Crippen LogP contribution in [0.5, 0.6) is 0 Å². The van der Waals surface area contributed by atoms with E-state index in [9.17, 15) is 38.0 Å². The van der Waals surface area contributed by atoms with Crippen molar-refractivity contribution >= 4 is 42.0 Å². The van der Waals surface area contributed by atoms with E-state index in [0.29, 0.717) is 51.5 Å². The lowest BCUT2D eigenvalue weighted by atomic mass is 9.87. The van der Waals surface area contributed by atoms with Crippen LogP contribution >= 0.6 is 0 Å². The number of nitrogens with zero attached hydrogens (tertiary/aromatic N) is 1. The molecule has 1 fully saturated rings. The SMILES string of the molecule is COC(=O)C1(NC(=O)OC(C)(C)C)CCN(C(=O)[C@@H](CCCCNC(=O)OC(C)(C)C)NCC(CCCCCF)NC(=O)[C@@H](Cc2ccccc2)NC(=O)[C@@H](Cc2ccccc2)NC(=O)OC(C)(C)C)CC1. The average Bonchev–Trinajstić information content (AvgIpc) is 3.29. The number of alkyl halides is 1. The molecule has 0 radical (unpaired) electrons. The van der Waals surface area contributed by atoms with Crippen LogP contribution in [0.15, 0.2) is 60.7 Å². The fourth-order valence-electron chi connectivity index (χ4n) is 8.01. The second-order valence-corrected chi connectivity index (χ2v) is 21.3. The molecule has 2 aromatic carbocycles. The Morgan fingerprint density at radius 3 is 1.64 bits per heavy atom. The normalized spacial score (nSPS) is 15.3. The fourth-order valence-corrected chi connectivity index (χ4v) is 8.01. The Morgan fingerprint density at radius 2 is 1.11 bits per heavy atom. The molecule has 0 saturated carbocycles. The number of nitrogens with one attached hydrogen (secondary N) is 6. The number of carbonyl (C=O) groups excluding carboxylic acids is 7. The zero-order chi connectivity index (χ0) is 53.5. The number of benzene rings is 2. The Kier molecular flexibility index (Phi) is 24.2. The summed E-state index contributed by atoms with van der Waals surface area (Å²) in [6.45, 7) is 15.7. The zero-order valence-electron chi connectivity index (χ0n) is 44.2. The predicted octanol–water partition coefficient (Wildman–Crippen LogP) is 6.58. The van der Waals surface area contributed by atoms with E-state index in [1.165, 1.54) is 7.11 Å². The highest BCUT2D eigenvalue weighted by atomic mass is 19.1. The fraction of sp³-hybridized carbons (Fsp3) is 0.642. The van der Waals surface area contributed by atoms with Gasteiger partial charge >= 0.3 is 24.2 Å². The lowest BCUT2D eigenvalue weighted by molar-refractivity contribution is -0.153. The minimum atomic E-state index is -1.43. The lowest BCUT2D eigenvalue weighted by Gasteiger charge is -2.41. The summed E-state index contributed by atoms with van der Waals surface area (Å²) in [6.07, 6.45) is 1.34. The molecule has 3 rings (SSSR count). The van der Waals surface area contributed by atoms with Gasteiger partial charge in [-0.2, -0.15) is 0 Å². The zero-order valence-corrected chi connectivity index (χ0v) is 44.2. The Hall–Kier alpha value is -5.98. The van der Waals surface area contributed by atoms with Gasteiger partial charge in [-0.15, -0.1) is 0 Å². The largest absolute Gasteiger partial charge is 0.467 e. The molecule has 1 aliphatic heterocycles.